The van der Waals surface area contributed by atoms with Crippen LogP contribution in [0, 0.1) is 5.92 Å². The molecule has 1 atom stereocenters. The van der Waals surface area contributed by atoms with Crippen LogP contribution < -0.4 is 4.74 Å². The van der Waals surface area contributed by atoms with E-state index in [2.05, 4.69) is 6.92 Å². The summed E-state index contributed by atoms with van der Waals surface area (Å²) in [5, 5.41) is 1.04. The summed E-state index contributed by atoms with van der Waals surface area (Å²) in [7, 11) is 1.80. The number of benzene rings is 1. The highest BCUT2D eigenvalue weighted by Gasteiger charge is 2.32. The fourth-order valence-electron chi connectivity index (χ4n) is 1.98. The predicted octanol–water partition coefficient (Wildman–Crippen LogP) is 4.28. The van der Waals surface area contributed by atoms with Crippen molar-refractivity contribution in [1.82, 2.24) is 4.90 Å². The van der Waals surface area contributed by atoms with Crippen molar-refractivity contribution >= 4 is 40.7 Å². The first kappa shape index (κ1) is 15.7. The predicted molar refractivity (Wildman–Crippen MR) is 81.9 cm³/mol. The van der Waals surface area contributed by atoms with E-state index < -0.39 is 0 Å². The van der Waals surface area contributed by atoms with Gasteiger partial charge < -0.3 is 9.64 Å². The van der Waals surface area contributed by atoms with Gasteiger partial charge in [-0.3, -0.25) is 4.79 Å². The van der Waals surface area contributed by atoms with Crippen LogP contribution in [0.3, 0.4) is 0 Å². The van der Waals surface area contributed by atoms with Crippen LogP contribution in [-0.2, 0) is 4.79 Å². The SMILES string of the molecule is CC(C1CC1)N(C)C(=O)COc1cc(Cl)c(Cl)cc1Cl. The zero-order chi connectivity index (χ0) is 14.9. The van der Waals surface area contributed by atoms with E-state index in [-0.39, 0.29) is 18.6 Å². The zero-order valence-electron chi connectivity index (χ0n) is 11.3. The molecule has 1 saturated carbocycles. The first-order valence-corrected chi connectivity index (χ1v) is 7.56. The molecule has 1 aromatic rings. The molecular weight excluding hydrogens is 321 g/mol. The summed E-state index contributed by atoms with van der Waals surface area (Å²) in [6.45, 7) is 1.99. The van der Waals surface area contributed by atoms with Crippen molar-refractivity contribution in [3.63, 3.8) is 0 Å². The first-order valence-electron chi connectivity index (χ1n) is 6.43. The summed E-state index contributed by atoms with van der Waals surface area (Å²) in [4.78, 5) is 13.8. The van der Waals surface area contributed by atoms with E-state index in [1.54, 1.807) is 11.9 Å². The number of nitrogens with zero attached hydrogens (tertiary/aromatic N) is 1. The highest BCUT2D eigenvalue weighted by Crippen LogP contribution is 2.35. The Morgan fingerprint density at radius 3 is 2.50 bits per heavy atom. The van der Waals surface area contributed by atoms with Gasteiger partial charge in [0.15, 0.2) is 6.61 Å². The summed E-state index contributed by atoms with van der Waals surface area (Å²) < 4.78 is 5.44. The van der Waals surface area contributed by atoms with E-state index >= 15 is 0 Å². The standard InChI is InChI=1S/C14H16Cl3NO2/c1-8(9-3-4-9)18(2)14(19)7-20-13-6-11(16)10(15)5-12(13)17/h5-6,8-9H,3-4,7H2,1-2H3. The van der Waals surface area contributed by atoms with Crippen LogP contribution in [-0.4, -0.2) is 30.5 Å². The van der Waals surface area contributed by atoms with E-state index in [0.29, 0.717) is 26.7 Å². The third-order valence-corrected chi connectivity index (χ3v) is 4.65. The second-order valence-corrected chi connectivity index (χ2v) is 6.29. The van der Waals surface area contributed by atoms with Gasteiger partial charge in [-0.2, -0.15) is 0 Å². The molecule has 1 fully saturated rings. The first-order chi connectivity index (χ1) is 9.40. The van der Waals surface area contributed by atoms with Gasteiger partial charge in [0.2, 0.25) is 0 Å². The number of carbonyl (C=O) groups excluding carboxylic acids is 1. The van der Waals surface area contributed by atoms with E-state index in [0.717, 1.165) is 0 Å². The Morgan fingerprint density at radius 1 is 1.30 bits per heavy atom. The third-order valence-electron chi connectivity index (χ3n) is 3.63. The molecule has 2 rings (SSSR count). The number of hydrogen-bond donors (Lipinski definition) is 0. The van der Waals surface area contributed by atoms with Crippen LogP contribution in [0.4, 0.5) is 0 Å². The van der Waals surface area contributed by atoms with Crippen molar-refractivity contribution in [2.75, 3.05) is 13.7 Å². The molecule has 1 amide bonds. The van der Waals surface area contributed by atoms with Gasteiger partial charge in [0.25, 0.3) is 5.91 Å². The van der Waals surface area contributed by atoms with E-state index in [1.807, 2.05) is 0 Å². The minimum absolute atomic E-state index is 0.0642. The number of hydrogen-bond acceptors (Lipinski definition) is 2. The molecule has 0 bridgehead atoms. The molecular formula is C14H16Cl3NO2. The van der Waals surface area contributed by atoms with Gasteiger partial charge in [-0.25, -0.2) is 0 Å². The minimum Gasteiger partial charge on any atom is -0.482 e. The number of halogens is 3. The van der Waals surface area contributed by atoms with Crippen molar-refractivity contribution < 1.29 is 9.53 Å². The molecule has 1 aromatic carbocycles. The van der Waals surface area contributed by atoms with Gasteiger partial charge in [0.05, 0.1) is 15.1 Å². The van der Waals surface area contributed by atoms with E-state index in [9.17, 15) is 4.79 Å². The van der Waals surface area contributed by atoms with Crippen LogP contribution in [0.2, 0.25) is 15.1 Å². The Morgan fingerprint density at radius 2 is 1.90 bits per heavy atom. The molecule has 3 nitrogen and oxygen atoms in total. The second kappa shape index (κ2) is 6.42. The molecule has 0 saturated heterocycles. The smallest absolute Gasteiger partial charge is 0.260 e. The van der Waals surface area contributed by atoms with Crippen molar-refractivity contribution in [3.05, 3.63) is 27.2 Å². The lowest BCUT2D eigenvalue weighted by molar-refractivity contribution is -0.134. The van der Waals surface area contributed by atoms with Gasteiger partial charge in [-0.1, -0.05) is 34.8 Å². The van der Waals surface area contributed by atoms with Crippen LogP contribution in [0.1, 0.15) is 19.8 Å². The number of amides is 1. The Kier molecular flexibility index (Phi) is 5.05. The fraction of sp³-hybridized carbons (Fsp3) is 0.500. The minimum atomic E-state index is -0.0773. The highest BCUT2D eigenvalue weighted by molar-refractivity contribution is 6.43. The molecule has 1 aliphatic carbocycles. The van der Waals surface area contributed by atoms with Crippen molar-refractivity contribution in [2.45, 2.75) is 25.8 Å². The molecule has 0 heterocycles. The monoisotopic (exact) mass is 335 g/mol. The Balaban J connectivity index is 1.94. The normalized spacial score (nSPS) is 15.8. The lowest BCUT2D eigenvalue weighted by atomic mass is 10.2. The number of rotatable bonds is 5. The van der Waals surface area contributed by atoms with Gasteiger partial charge >= 0.3 is 0 Å². The van der Waals surface area contributed by atoms with E-state index in [4.69, 9.17) is 39.5 Å². The Hall–Kier alpha value is -0.640. The molecule has 1 aliphatic rings. The molecule has 0 aliphatic heterocycles. The molecule has 110 valence electrons. The lowest BCUT2D eigenvalue weighted by Gasteiger charge is -2.25. The summed E-state index contributed by atoms with van der Waals surface area (Å²) in [5.41, 5.74) is 0. The van der Waals surface area contributed by atoms with Gasteiger partial charge in [-0.05, 0) is 31.7 Å². The number of likely N-dealkylation sites (N-methyl/N-ethyl adjacent to an activating group) is 1. The highest BCUT2D eigenvalue weighted by atomic mass is 35.5. The summed E-state index contributed by atoms with van der Waals surface area (Å²) >= 11 is 17.7. The second-order valence-electron chi connectivity index (χ2n) is 5.07. The average Bonchev–Trinajstić information content (AvgIpc) is 3.23. The third kappa shape index (κ3) is 3.72. The quantitative estimate of drug-likeness (QED) is 0.751. The van der Waals surface area contributed by atoms with Gasteiger partial charge in [0.1, 0.15) is 5.75 Å². The van der Waals surface area contributed by atoms with Crippen molar-refractivity contribution in [1.29, 1.82) is 0 Å². The Labute approximate surface area is 133 Å². The van der Waals surface area contributed by atoms with Gasteiger partial charge in [0, 0.05) is 19.2 Å². The molecule has 0 N–H and O–H groups in total. The van der Waals surface area contributed by atoms with Gasteiger partial charge in [-0.15, -0.1) is 0 Å². The average molecular weight is 337 g/mol. The van der Waals surface area contributed by atoms with Crippen LogP contribution in [0.5, 0.6) is 5.75 Å². The summed E-state index contributed by atoms with van der Waals surface area (Å²) in [6, 6.07) is 3.27. The maximum absolute atomic E-state index is 12.1. The maximum atomic E-state index is 12.1. The largest absolute Gasteiger partial charge is 0.482 e. The van der Waals surface area contributed by atoms with Crippen molar-refractivity contribution in [2.24, 2.45) is 5.92 Å². The summed E-state index contributed by atoms with van der Waals surface area (Å²) in [5.74, 6) is 0.908. The molecule has 0 aromatic heterocycles. The van der Waals surface area contributed by atoms with Crippen LogP contribution in [0.25, 0.3) is 0 Å². The Bertz CT molecular complexity index is 517. The van der Waals surface area contributed by atoms with E-state index in [1.165, 1.54) is 25.0 Å². The molecule has 0 radical (unpaired) electrons. The fourth-order valence-corrected chi connectivity index (χ4v) is 2.57. The summed E-state index contributed by atoms with van der Waals surface area (Å²) in [6.07, 6.45) is 2.39. The topological polar surface area (TPSA) is 29.5 Å². The molecule has 20 heavy (non-hydrogen) atoms. The maximum Gasteiger partial charge on any atom is 0.260 e. The molecule has 0 spiro atoms. The molecule has 6 heteroatoms. The lowest BCUT2D eigenvalue weighted by Crippen LogP contribution is -2.39. The van der Waals surface area contributed by atoms with Crippen LogP contribution >= 0.6 is 34.8 Å². The van der Waals surface area contributed by atoms with Crippen molar-refractivity contribution in [3.8, 4) is 5.75 Å². The van der Waals surface area contributed by atoms with Crippen LogP contribution in [0.15, 0.2) is 12.1 Å². The number of ether oxygens (including phenoxy) is 1. The number of carbonyl (C=O) groups is 1. The molecule has 1 unspecified atom stereocenters. The zero-order valence-corrected chi connectivity index (χ0v) is 13.6.